The third-order valence-corrected chi connectivity index (χ3v) is 3.92. The Hall–Kier alpha value is -2.33. The largest absolute Gasteiger partial charge is 0.455 e. The quantitative estimate of drug-likeness (QED) is 0.730. The molecule has 0 unspecified atom stereocenters. The van der Waals surface area contributed by atoms with Crippen LogP contribution in [0, 0.1) is 6.92 Å². The molecule has 4 heteroatoms. The zero-order valence-corrected chi connectivity index (χ0v) is 12.6. The highest BCUT2D eigenvalue weighted by Gasteiger charge is 2.05. The lowest BCUT2D eigenvalue weighted by Crippen LogP contribution is -2.00. The van der Waals surface area contributed by atoms with Crippen LogP contribution in [0.3, 0.4) is 0 Å². The average molecular weight is 296 g/mol. The van der Waals surface area contributed by atoms with Gasteiger partial charge in [-0.1, -0.05) is 30.3 Å². The van der Waals surface area contributed by atoms with Crippen LogP contribution in [0.25, 0.3) is 0 Å². The summed E-state index contributed by atoms with van der Waals surface area (Å²) in [6.45, 7) is 2.71. The van der Waals surface area contributed by atoms with E-state index in [0.717, 1.165) is 27.9 Å². The summed E-state index contributed by atoms with van der Waals surface area (Å²) in [6, 6.07) is 17.7. The molecule has 21 heavy (non-hydrogen) atoms. The third-order valence-electron chi connectivity index (χ3n) is 2.95. The Morgan fingerprint density at radius 2 is 1.81 bits per heavy atom. The van der Waals surface area contributed by atoms with Crippen LogP contribution in [-0.4, -0.2) is 4.98 Å². The Bertz CT molecular complexity index is 710. The molecule has 0 fully saturated rings. The van der Waals surface area contributed by atoms with Crippen molar-refractivity contribution < 1.29 is 4.74 Å². The number of aromatic nitrogens is 1. The third kappa shape index (κ3) is 3.61. The lowest BCUT2D eigenvalue weighted by Gasteiger charge is -2.12. The van der Waals surface area contributed by atoms with Gasteiger partial charge in [0, 0.05) is 11.1 Å². The van der Waals surface area contributed by atoms with E-state index in [4.69, 9.17) is 4.74 Å². The molecule has 1 N–H and O–H groups in total. The second-order valence-electron chi connectivity index (χ2n) is 4.65. The van der Waals surface area contributed by atoms with E-state index in [9.17, 15) is 0 Å². The van der Waals surface area contributed by atoms with Crippen LogP contribution in [-0.2, 0) is 6.54 Å². The molecule has 3 nitrogen and oxygen atoms in total. The maximum atomic E-state index is 5.92. The minimum absolute atomic E-state index is 0.702. The minimum atomic E-state index is 0.702. The number of thiazole rings is 1. The summed E-state index contributed by atoms with van der Waals surface area (Å²) < 4.78 is 5.92. The van der Waals surface area contributed by atoms with Gasteiger partial charge in [-0.05, 0) is 31.2 Å². The van der Waals surface area contributed by atoms with E-state index in [2.05, 4.69) is 15.7 Å². The van der Waals surface area contributed by atoms with Crippen molar-refractivity contribution in [2.24, 2.45) is 0 Å². The van der Waals surface area contributed by atoms with Crippen LogP contribution in [0.5, 0.6) is 11.5 Å². The number of nitrogens with one attached hydrogen (secondary N) is 1. The fourth-order valence-electron chi connectivity index (χ4n) is 1.97. The topological polar surface area (TPSA) is 34.1 Å². The van der Waals surface area contributed by atoms with Crippen molar-refractivity contribution in [3.8, 4) is 11.5 Å². The van der Waals surface area contributed by atoms with Crippen LogP contribution in [0.4, 0.5) is 5.69 Å². The van der Waals surface area contributed by atoms with E-state index in [1.165, 1.54) is 0 Å². The summed E-state index contributed by atoms with van der Waals surface area (Å²) in [5.74, 6) is 1.65. The summed E-state index contributed by atoms with van der Waals surface area (Å²) in [5.41, 5.74) is 2.03. The molecule has 1 heterocycles. The maximum absolute atomic E-state index is 5.92. The van der Waals surface area contributed by atoms with Gasteiger partial charge in [0.2, 0.25) is 0 Å². The van der Waals surface area contributed by atoms with Crippen molar-refractivity contribution in [2.45, 2.75) is 13.5 Å². The highest BCUT2D eigenvalue weighted by molar-refractivity contribution is 7.09. The summed E-state index contributed by atoms with van der Waals surface area (Å²) in [4.78, 5) is 4.45. The standard InChI is InChI=1S/C17H16N2OS/c1-13-12-21-17(19-13)11-18-15-9-5-6-10-16(15)20-14-7-3-2-4-8-14/h2-10,12,18H,11H2,1H3. The van der Waals surface area contributed by atoms with Gasteiger partial charge in [-0.2, -0.15) is 0 Å². The predicted molar refractivity (Wildman–Crippen MR) is 87.1 cm³/mol. The van der Waals surface area contributed by atoms with Gasteiger partial charge in [-0.3, -0.25) is 0 Å². The summed E-state index contributed by atoms with van der Waals surface area (Å²) in [6.07, 6.45) is 0. The van der Waals surface area contributed by atoms with Gasteiger partial charge in [-0.25, -0.2) is 4.98 Å². The average Bonchev–Trinajstić information content (AvgIpc) is 2.93. The fourth-order valence-corrected chi connectivity index (χ4v) is 2.68. The molecule has 0 saturated heterocycles. The molecule has 0 aliphatic heterocycles. The zero-order chi connectivity index (χ0) is 14.5. The van der Waals surface area contributed by atoms with Crippen molar-refractivity contribution in [1.29, 1.82) is 0 Å². The Labute approximate surface area is 128 Å². The van der Waals surface area contributed by atoms with Crippen molar-refractivity contribution >= 4 is 17.0 Å². The maximum Gasteiger partial charge on any atom is 0.150 e. The van der Waals surface area contributed by atoms with Gasteiger partial charge in [0.25, 0.3) is 0 Å². The fraction of sp³-hybridized carbons (Fsp3) is 0.118. The first-order valence-corrected chi connectivity index (χ1v) is 7.66. The van der Waals surface area contributed by atoms with E-state index in [0.29, 0.717) is 6.54 Å². The number of anilines is 1. The minimum Gasteiger partial charge on any atom is -0.455 e. The lowest BCUT2D eigenvalue weighted by atomic mass is 10.3. The molecule has 3 aromatic rings. The van der Waals surface area contributed by atoms with Crippen molar-refractivity contribution in [1.82, 2.24) is 4.98 Å². The molecule has 0 bridgehead atoms. The van der Waals surface area contributed by atoms with Crippen LogP contribution >= 0.6 is 11.3 Å². The van der Waals surface area contributed by atoms with E-state index in [-0.39, 0.29) is 0 Å². The van der Waals surface area contributed by atoms with Gasteiger partial charge in [0.1, 0.15) is 10.8 Å². The second-order valence-corrected chi connectivity index (χ2v) is 5.59. The first-order chi connectivity index (χ1) is 10.3. The molecule has 0 radical (unpaired) electrons. The van der Waals surface area contributed by atoms with Gasteiger partial charge in [-0.15, -0.1) is 11.3 Å². The Balaban J connectivity index is 1.73. The highest BCUT2D eigenvalue weighted by atomic mass is 32.1. The molecule has 0 aliphatic rings. The van der Waals surface area contributed by atoms with Crippen LogP contribution in [0.15, 0.2) is 60.0 Å². The van der Waals surface area contributed by atoms with Crippen LogP contribution in [0.2, 0.25) is 0 Å². The van der Waals surface area contributed by atoms with Crippen LogP contribution < -0.4 is 10.1 Å². The smallest absolute Gasteiger partial charge is 0.150 e. The van der Waals surface area contributed by atoms with Crippen molar-refractivity contribution in [3.05, 3.63) is 70.7 Å². The first kappa shape index (κ1) is 13.6. The SMILES string of the molecule is Cc1csc(CNc2ccccc2Oc2ccccc2)n1. The molecule has 0 atom stereocenters. The van der Waals surface area contributed by atoms with E-state index in [1.807, 2.05) is 61.5 Å². The van der Waals surface area contributed by atoms with Crippen molar-refractivity contribution in [2.75, 3.05) is 5.32 Å². The van der Waals surface area contributed by atoms with E-state index >= 15 is 0 Å². The van der Waals surface area contributed by atoms with Gasteiger partial charge in [0.05, 0.1) is 12.2 Å². The summed E-state index contributed by atoms with van der Waals surface area (Å²) >= 11 is 1.66. The number of benzene rings is 2. The molecular weight excluding hydrogens is 280 g/mol. The monoisotopic (exact) mass is 296 g/mol. The van der Waals surface area contributed by atoms with E-state index in [1.54, 1.807) is 11.3 Å². The molecule has 3 rings (SSSR count). The van der Waals surface area contributed by atoms with Gasteiger partial charge < -0.3 is 10.1 Å². The number of hydrogen-bond acceptors (Lipinski definition) is 4. The Kier molecular flexibility index (Phi) is 4.17. The van der Waals surface area contributed by atoms with Gasteiger partial charge >= 0.3 is 0 Å². The molecule has 0 saturated carbocycles. The number of nitrogens with zero attached hydrogens (tertiary/aromatic N) is 1. The molecule has 106 valence electrons. The Morgan fingerprint density at radius 1 is 1.05 bits per heavy atom. The Morgan fingerprint density at radius 3 is 2.57 bits per heavy atom. The molecular formula is C17H16N2OS. The summed E-state index contributed by atoms with van der Waals surface area (Å²) in [7, 11) is 0. The summed E-state index contributed by atoms with van der Waals surface area (Å²) in [5, 5.41) is 6.52. The molecule has 1 aromatic heterocycles. The number of aryl methyl sites for hydroxylation is 1. The van der Waals surface area contributed by atoms with Crippen LogP contribution in [0.1, 0.15) is 10.7 Å². The molecule has 0 aliphatic carbocycles. The molecule has 2 aromatic carbocycles. The number of hydrogen-bond donors (Lipinski definition) is 1. The number of rotatable bonds is 5. The van der Waals surface area contributed by atoms with E-state index < -0.39 is 0 Å². The van der Waals surface area contributed by atoms with Crippen molar-refractivity contribution in [3.63, 3.8) is 0 Å². The predicted octanol–water partition coefficient (Wildman–Crippen LogP) is 4.86. The van der Waals surface area contributed by atoms with Gasteiger partial charge in [0.15, 0.2) is 5.75 Å². The lowest BCUT2D eigenvalue weighted by molar-refractivity contribution is 0.484. The molecule has 0 spiro atoms. The number of para-hydroxylation sites is 3. The first-order valence-electron chi connectivity index (χ1n) is 6.78. The molecule has 0 amide bonds. The zero-order valence-electron chi connectivity index (χ0n) is 11.7. The normalized spacial score (nSPS) is 10.3. The highest BCUT2D eigenvalue weighted by Crippen LogP contribution is 2.29. The number of ether oxygens (including phenoxy) is 1. The second kappa shape index (κ2) is 6.41.